The Morgan fingerprint density at radius 1 is 1.35 bits per heavy atom. The molecular formula is C18H23N9O8S2. The van der Waals surface area contributed by atoms with Crippen LogP contribution >= 0.6 is 11.3 Å². The van der Waals surface area contributed by atoms with Crippen molar-refractivity contribution in [3.05, 3.63) is 23.0 Å². The van der Waals surface area contributed by atoms with Gasteiger partial charge in [-0.1, -0.05) is 5.16 Å². The van der Waals surface area contributed by atoms with Crippen LogP contribution in [0.2, 0.25) is 0 Å². The first-order valence-electron chi connectivity index (χ1n) is 10.9. The van der Waals surface area contributed by atoms with Crippen LogP contribution in [0.5, 0.6) is 0 Å². The number of aromatic nitrogens is 4. The van der Waals surface area contributed by atoms with E-state index in [0.29, 0.717) is 18.5 Å². The lowest BCUT2D eigenvalue weighted by molar-refractivity contribution is -0.165. The fraction of sp³-hybridized carbons (Fsp3) is 0.500. The molecular weight excluding hydrogens is 534 g/mol. The predicted molar refractivity (Wildman–Crippen MR) is 125 cm³/mol. The number of carboxylic acid groups (broad SMARTS) is 1. The lowest BCUT2D eigenvalue weighted by Gasteiger charge is -2.43. The normalized spacial score (nSPS) is 21.5. The maximum absolute atomic E-state index is 13.2. The first-order chi connectivity index (χ1) is 17.4. The zero-order valence-corrected chi connectivity index (χ0v) is 20.7. The van der Waals surface area contributed by atoms with E-state index in [1.54, 1.807) is 0 Å². The minimum Gasteiger partial charge on any atom is -0.478 e. The number of amides is 2. The van der Waals surface area contributed by atoms with Crippen LogP contribution in [0.4, 0.5) is 5.13 Å². The van der Waals surface area contributed by atoms with Crippen LogP contribution in [-0.4, -0.2) is 83.5 Å². The molecule has 2 aliphatic rings. The molecule has 2 amide bonds. The van der Waals surface area contributed by atoms with Crippen LogP contribution in [0, 0.1) is 0 Å². The number of β-lactam (4-membered cyclic amide) rings is 1. The fourth-order valence-electron chi connectivity index (χ4n) is 4.06. The quantitative estimate of drug-likeness (QED) is 0.0925. The van der Waals surface area contributed by atoms with E-state index in [-0.39, 0.29) is 41.1 Å². The Bertz CT molecular complexity index is 1350. The molecule has 2 fully saturated rings. The summed E-state index contributed by atoms with van der Waals surface area (Å²) in [5, 5.41) is 25.2. The standard InChI is InChI=1S/C18H23N9O8S2/c19-5-9-6-21-26(24-9)7-11-13(15(29)27(11)37(32,33)34)23-14(28)12(10-8-36-17(20)22-10)25-35-18(16(30)31)3-1-2-4-18/h6,8,11,13H,1-5,7,19H2,(H2,20,22)(H,23,28)(H,30,31)(H,32,33,34)/b25-12-/t11-,13+/m1/s1. The molecule has 17 nitrogen and oxygen atoms in total. The molecule has 1 saturated heterocycles. The van der Waals surface area contributed by atoms with Gasteiger partial charge in [0.1, 0.15) is 17.8 Å². The van der Waals surface area contributed by atoms with Crippen molar-refractivity contribution in [3.8, 4) is 0 Å². The minimum atomic E-state index is -4.97. The molecule has 0 aromatic carbocycles. The molecule has 37 heavy (non-hydrogen) atoms. The van der Waals surface area contributed by atoms with Gasteiger partial charge in [0.05, 0.1) is 18.4 Å². The minimum absolute atomic E-state index is 0.0465. The van der Waals surface area contributed by atoms with Crippen molar-refractivity contribution >= 4 is 50.3 Å². The molecule has 1 aliphatic heterocycles. The van der Waals surface area contributed by atoms with Crippen molar-refractivity contribution in [2.75, 3.05) is 5.73 Å². The Labute approximate surface area is 213 Å². The molecule has 200 valence electrons. The van der Waals surface area contributed by atoms with E-state index in [1.165, 1.54) is 11.6 Å². The zero-order valence-electron chi connectivity index (χ0n) is 19.1. The highest BCUT2D eigenvalue weighted by atomic mass is 32.2. The summed E-state index contributed by atoms with van der Waals surface area (Å²) in [7, 11) is -4.97. The topological polar surface area (TPSA) is 258 Å². The van der Waals surface area contributed by atoms with Crippen molar-refractivity contribution in [3.63, 3.8) is 0 Å². The second-order valence-corrected chi connectivity index (χ2v) is 10.5. The highest BCUT2D eigenvalue weighted by Crippen LogP contribution is 2.34. The van der Waals surface area contributed by atoms with E-state index in [9.17, 15) is 32.5 Å². The van der Waals surface area contributed by atoms with Crippen molar-refractivity contribution in [1.82, 2.24) is 29.6 Å². The second-order valence-electron chi connectivity index (χ2n) is 8.33. The first-order valence-corrected chi connectivity index (χ1v) is 13.1. The highest BCUT2D eigenvalue weighted by Gasteiger charge is 2.55. The summed E-state index contributed by atoms with van der Waals surface area (Å²) in [4.78, 5) is 48.0. The summed E-state index contributed by atoms with van der Waals surface area (Å²) >= 11 is 0.980. The Morgan fingerprint density at radius 3 is 2.59 bits per heavy atom. The summed E-state index contributed by atoms with van der Waals surface area (Å²) in [6.45, 7) is -0.258. The molecule has 1 aliphatic carbocycles. The number of carbonyl (C=O) groups excluding carboxylic acids is 2. The number of nitrogens with one attached hydrogen (secondary N) is 1. The van der Waals surface area contributed by atoms with Gasteiger partial charge in [0, 0.05) is 24.8 Å². The van der Waals surface area contributed by atoms with Gasteiger partial charge in [0.2, 0.25) is 5.60 Å². The molecule has 7 N–H and O–H groups in total. The number of nitrogens with two attached hydrogens (primary N) is 2. The van der Waals surface area contributed by atoms with E-state index >= 15 is 0 Å². The average molecular weight is 558 g/mol. The number of thiazole rings is 1. The van der Waals surface area contributed by atoms with Crippen molar-refractivity contribution in [2.24, 2.45) is 10.9 Å². The largest absolute Gasteiger partial charge is 0.478 e. The Kier molecular flexibility index (Phi) is 7.13. The SMILES string of the molecule is NCc1cnn(C[C@@H]2[C@H](NC(=O)/C(=N\OC3(C(=O)O)CCCC3)c3csc(N)n3)C(=O)N2S(=O)(=O)O)n1. The number of carbonyl (C=O) groups is 3. The van der Waals surface area contributed by atoms with Gasteiger partial charge >= 0.3 is 16.3 Å². The fourth-order valence-corrected chi connectivity index (χ4v) is 5.48. The molecule has 2 atom stereocenters. The van der Waals surface area contributed by atoms with E-state index < -0.39 is 51.5 Å². The molecule has 0 radical (unpaired) electrons. The molecule has 1 saturated carbocycles. The van der Waals surface area contributed by atoms with Gasteiger partial charge in [0.15, 0.2) is 10.8 Å². The molecule has 0 bridgehead atoms. The Hall–Kier alpha value is -3.68. The number of anilines is 1. The van der Waals surface area contributed by atoms with Crippen LogP contribution in [0.1, 0.15) is 37.1 Å². The number of oxime groups is 1. The van der Waals surface area contributed by atoms with E-state index in [1.807, 2.05) is 0 Å². The smallest absolute Gasteiger partial charge is 0.362 e. The van der Waals surface area contributed by atoms with Gasteiger partial charge in [-0.2, -0.15) is 23.4 Å². The molecule has 0 spiro atoms. The van der Waals surface area contributed by atoms with Crippen LogP contribution < -0.4 is 16.8 Å². The monoisotopic (exact) mass is 557 g/mol. The van der Waals surface area contributed by atoms with Gasteiger partial charge in [0.25, 0.3) is 11.8 Å². The summed E-state index contributed by atoms with van der Waals surface area (Å²) in [6, 6.07) is -2.74. The van der Waals surface area contributed by atoms with Gasteiger partial charge in [-0.3, -0.25) is 14.1 Å². The Balaban J connectivity index is 1.60. The van der Waals surface area contributed by atoms with Crippen molar-refractivity contribution in [2.45, 2.75) is 56.5 Å². The van der Waals surface area contributed by atoms with Gasteiger partial charge in [-0.15, -0.1) is 11.3 Å². The third kappa shape index (κ3) is 5.24. The van der Waals surface area contributed by atoms with Crippen molar-refractivity contribution in [1.29, 1.82) is 0 Å². The number of rotatable bonds is 10. The van der Waals surface area contributed by atoms with Crippen molar-refractivity contribution < 1.29 is 37.3 Å². The van der Waals surface area contributed by atoms with Gasteiger partial charge in [-0.05, 0) is 12.8 Å². The average Bonchev–Trinajstić information content (AvgIpc) is 3.58. The third-order valence-corrected chi connectivity index (χ3v) is 7.56. The number of hydrogen-bond donors (Lipinski definition) is 5. The van der Waals surface area contributed by atoms with Gasteiger partial charge < -0.3 is 26.7 Å². The lowest BCUT2D eigenvalue weighted by atomic mass is 9.98. The Morgan fingerprint density at radius 2 is 2.05 bits per heavy atom. The van der Waals surface area contributed by atoms with E-state index in [2.05, 4.69) is 25.7 Å². The van der Waals surface area contributed by atoms with E-state index in [0.717, 1.165) is 16.1 Å². The van der Waals surface area contributed by atoms with Crippen LogP contribution in [0.25, 0.3) is 0 Å². The first kappa shape index (κ1) is 26.4. The number of hydrogen-bond acceptors (Lipinski definition) is 13. The van der Waals surface area contributed by atoms with Crippen LogP contribution in [-0.2, 0) is 42.6 Å². The van der Waals surface area contributed by atoms with Crippen LogP contribution in [0.3, 0.4) is 0 Å². The number of carboxylic acids is 1. The second kappa shape index (κ2) is 10.00. The number of aliphatic carboxylic acids is 1. The predicted octanol–water partition coefficient (Wildman–Crippen LogP) is -1.91. The zero-order chi connectivity index (χ0) is 27.0. The number of nitrogen functional groups attached to an aromatic ring is 1. The third-order valence-electron chi connectivity index (χ3n) is 5.94. The van der Waals surface area contributed by atoms with E-state index in [4.69, 9.17) is 16.3 Å². The maximum atomic E-state index is 13.2. The maximum Gasteiger partial charge on any atom is 0.362 e. The van der Waals surface area contributed by atoms with Crippen LogP contribution in [0.15, 0.2) is 16.7 Å². The summed E-state index contributed by atoms with van der Waals surface area (Å²) in [5.41, 5.74) is 9.40. The molecule has 2 aromatic heterocycles. The lowest BCUT2D eigenvalue weighted by Crippen LogP contribution is -2.73. The molecule has 19 heteroatoms. The summed E-state index contributed by atoms with van der Waals surface area (Å²) < 4.78 is 33.3. The molecule has 3 heterocycles. The number of nitrogens with zero attached hydrogens (tertiary/aromatic N) is 6. The molecule has 2 aromatic rings. The highest BCUT2D eigenvalue weighted by molar-refractivity contribution is 7.84. The summed E-state index contributed by atoms with van der Waals surface area (Å²) in [6.07, 6.45) is 2.86. The van der Waals surface area contributed by atoms with Gasteiger partial charge in [-0.25, -0.2) is 14.1 Å². The molecule has 4 rings (SSSR count). The molecule has 0 unspecified atom stereocenters. The summed E-state index contributed by atoms with van der Waals surface area (Å²) in [5.74, 6) is -3.38.